The molecule has 0 aliphatic carbocycles. The fourth-order valence-electron chi connectivity index (χ4n) is 2.68. The molecule has 1 aromatic rings. The number of carbonyl (C=O) groups excluding carboxylic acids is 2. The van der Waals surface area contributed by atoms with Gasteiger partial charge in [0.05, 0.1) is 0 Å². The zero-order valence-electron chi connectivity index (χ0n) is 13.6. The van der Waals surface area contributed by atoms with Gasteiger partial charge in [-0.2, -0.15) is 0 Å². The summed E-state index contributed by atoms with van der Waals surface area (Å²) in [4.78, 5) is 23.7. The Labute approximate surface area is 157 Å². The molecule has 0 radical (unpaired) electrons. The van der Waals surface area contributed by atoms with Crippen molar-refractivity contribution < 1.29 is 9.59 Å². The molecule has 1 aromatic carbocycles. The summed E-state index contributed by atoms with van der Waals surface area (Å²) in [5, 5.41) is 8.99. The number of benzene rings is 1. The van der Waals surface area contributed by atoms with Gasteiger partial charge in [0, 0.05) is 29.5 Å². The predicted octanol–water partition coefficient (Wildman–Crippen LogP) is 2.50. The molecule has 0 bridgehead atoms. The van der Waals surface area contributed by atoms with Gasteiger partial charge < -0.3 is 16.0 Å². The first kappa shape index (κ1) is 20.9. The third kappa shape index (κ3) is 7.64. The number of nitrogens with one attached hydrogen (secondary N) is 3. The number of hydrogen-bond donors (Lipinski definition) is 3. The van der Waals surface area contributed by atoms with Gasteiger partial charge in [0.25, 0.3) is 5.91 Å². The Morgan fingerprint density at radius 3 is 2.38 bits per heavy atom. The van der Waals surface area contributed by atoms with Gasteiger partial charge in [-0.3, -0.25) is 9.59 Å². The lowest BCUT2D eigenvalue weighted by Gasteiger charge is -2.22. The Bertz CT molecular complexity index is 519. The van der Waals surface area contributed by atoms with Crippen LogP contribution in [0.3, 0.4) is 0 Å². The Balaban J connectivity index is 0.00000288. The molecule has 3 N–H and O–H groups in total. The summed E-state index contributed by atoms with van der Waals surface area (Å²) in [5.41, 5.74) is 0.616. The minimum absolute atomic E-state index is 0. The largest absolute Gasteiger partial charge is 0.354 e. The molecule has 1 heterocycles. The molecule has 0 saturated carbocycles. The van der Waals surface area contributed by atoms with E-state index < -0.39 is 0 Å². The lowest BCUT2D eigenvalue weighted by molar-refractivity contribution is -0.121. The number of carbonyl (C=O) groups is 2. The lowest BCUT2D eigenvalue weighted by atomic mass is 9.93. The molecular weight excluding hydrogens is 394 g/mol. The average Bonchev–Trinajstić information content (AvgIpc) is 2.58. The molecule has 2 amide bonds. The third-order valence-corrected chi connectivity index (χ3v) is 4.61. The fraction of sp³-hybridized carbons (Fsp3) is 0.529. The van der Waals surface area contributed by atoms with Crippen LogP contribution in [0.5, 0.6) is 0 Å². The van der Waals surface area contributed by atoms with Crippen molar-refractivity contribution in [3.8, 4) is 0 Å². The molecule has 1 aliphatic heterocycles. The van der Waals surface area contributed by atoms with Crippen molar-refractivity contribution >= 4 is 40.2 Å². The standard InChI is InChI=1S/C17H24BrN3O2.ClH/c18-15-4-2-14(3-5-15)17(23)21-12-11-20-16(22)6-1-13-7-9-19-10-8-13;/h2-5,13,19H,1,6-12H2,(H,20,22)(H,21,23);1H. The van der Waals surface area contributed by atoms with Crippen LogP contribution in [0.1, 0.15) is 36.0 Å². The second-order valence-electron chi connectivity index (χ2n) is 5.84. The second kappa shape index (κ2) is 11.4. The highest BCUT2D eigenvalue weighted by atomic mass is 79.9. The minimum Gasteiger partial charge on any atom is -0.354 e. The van der Waals surface area contributed by atoms with E-state index in [0.717, 1.165) is 36.8 Å². The summed E-state index contributed by atoms with van der Waals surface area (Å²) < 4.78 is 0.940. The summed E-state index contributed by atoms with van der Waals surface area (Å²) in [6, 6.07) is 7.18. The second-order valence-corrected chi connectivity index (χ2v) is 6.76. The van der Waals surface area contributed by atoms with Crippen molar-refractivity contribution in [2.24, 2.45) is 5.92 Å². The number of hydrogen-bond acceptors (Lipinski definition) is 3. The quantitative estimate of drug-likeness (QED) is 0.596. The van der Waals surface area contributed by atoms with Crippen molar-refractivity contribution in [3.63, 3.8) is 0 Å². The van der Waals surface area contributed by atoms with E-state index in [1.165, 1.54) is 0 Å². The van der Waals surface area contributed by atoms with Gasteiger partial charge in [-0.1, -0.05) is 15.9 Å². The summed E-state index contributed by atoms with van der Waals surface area (Å²) in [6.45, 7) is 3.03. The van der Waals surface area contributed by atoms with Crippen LogP contribution in [-0.4, -0.2) is 38.0 Å². The van der Waals surface area contributed by atoms with Gasteiger partial charge in [0.15, 0.2) is 0 Å². The van der Waals surface area contributed by atoms with Gasteiger partial charge in [-0.05, 0) is 62.5 Å². The number of amides is 2. The van der Waals surface area contributed by atoms with E-state index in [4.69, 9.17) is 0 Å². The fourth-order valence-corrected chi connectivity index (χ4v) is 2.94. The number of piperidine rings is 1. The molecule has 1 saturated heterocycles. The molecule has 0 spiro atoms. The summed E-state index contributed by atoms with van der Waals surface area (Å²) in [7, 11) is 0. The van der Waals surface area contributed by atoms with Gasteiger partial charge in [-0.15, -0.1) is 12.4 Å². The lowest BCUT2D eigenvalue weighted by Crippen LogP contribution is -2.35. The van der Waals surface area contributed by atoms with Gasteiger partial charge >= 0.3 is 0 Å². The van der Waals surface area contributed by atoms with Crippen LogP contribution >= 0.6 is 28.3 Å². The molecule has 0 aromatic heterocycles. The van der Waals surface area contributed by atoms with Gasteiger partial charge in [-0.25, -0.2) is 0 Å². The van der Waals surface area contributed by atoms with Crippen LogP contribution in [0.15, 0.2) is 28.7 Å². The van der Waals surface area contributed by atoms with Crippen LogP contribution in [-0.2, 0) is 4.79 Å². The molecule has 1 aliphatic rings. The molecule has 24 heavy (non-hydrogen) atoms. The van der Waals surface area contributed by atoms with Crippen molar-refractivity contribution in [3.05, 3.63) is 34.3 Å². The van der Waals surface area contributed by atoms with E-state index in [-0.39, 0.29) is 24.2 Å². The highest BCUT2D eigenvalue weighted by Gasteiger charge is 2.14. The minimum atomic E-state index is -0.124. The van der Waals surface area contributed by atoms with Gasteiger partial charge in [0.1, 0.15) is 0 Å². The first-order chi connectivity index (χ1) is 11.1. The first-order valence-electron chi connectivity index (χ1n) is 8.16. The molecular formula is C17H25BrClN3O2. The molecule has 0 atom stereocenters. The average molecular weight is 419 g/mol. The first-order valence-corrected chi connectivity index (χ1v) is 8.95. The summed E-state index contributed by atoms with van der Waals surface area (Å²) in [5.74, 6) is 0.613. The van der Waals surface area contributed by atoms with E-state index in [1.807, 2.05) is 12.1 Å². The Morgan fingerprint density at radius 2 is 1.71 bits per heavy atom. The van der Waals surface area contributed by atoms with E-state index >= 15 is 0 Å². The maximum Gasteiger partial charge on any atom is 0.251 e. The van der Waals surface area contributed by atoms with Crippen LogP contribution < -0.4 is 16.0 Å². The van der Waals surface area contributed by atoms with Gasteiger partial charge in [0.2, 0.25) is 5.91 Å². The van der Waals surface area contributed by atoms with Crippen LogP contribution in [0.2, 0.25) is 0 Å². The Kier molecular flexibility index (Phi) is 9.98. The Morgan fingerprint density at radius 1 is 1.08 bits per heavy atom. The molecule has 134 valence electrons. The molecule has 2 rings (SSSR count). The van der Waals surface area contributed by atoms with Crippen LogP contribution in [0, 0.1) is 5.92 Å². The van der Waals surface area contributed by atoms with E-state index in [1.54, 1.807) is 12.1 Å². The smallest absolute Gasteiger partial charge is 0.251 e. The maximum absolute atomic E-state index is 11.9. The maximum atomic E-state index is 11.9. The third-order valence-electron chi connectivity index (χ3n) is 4.08. The zero-order valence-corrected chi connectivity index (χ0v) is 16.0. The Hall–Kier alpha value is -1.11. The summed E-state index contributed by atoms with van der Waals surface area (Å²) >= 11 is 3.33. The molecule has 5 nitrogen and oxygen atoms in total. The van der Waals surface area contributed by atoms with Crippen molar-refractivity contribution in [2.45, 2.75) is 25.7 Å². The zero-order chi connectivity index (χ0) is 16.5. The highest BCUT2D eigenvalue weighted by Crippen LogP contribution is 2.17. The number of halogens is 2. The van der Waals surface area contributed by atoms with Crippen molar-refractivity contribution in [1.82, 2.24) is 16.0 Å². The van der Waals surface area contributed by atoms with Crippen LogP contribution in [0.4, 0.5) is 0 Å². The predicted molar refractivity (Wildman–Crippen MR) is 102 cm³/mol. The molecule has 1 fully saturated rings. The van der Waals surface area contributed by atoms with E-state index in [2.05, 4.69) is 31.9 Å². The van der Waals surface area contributed by atoms with Crippen molar-refractivity contribution in [2.75, 3.05) is 26.2 Å². The number of rotatable bonds is 7. The molecule has 0 unspecified atom stereocenters. The normalized spacial score (nSPS) is 14.5. The highest BCUT2D eigenvalue weighted by molar-refractivity contribution is 9.10. The topological polar surface area (TPSA) is 70.2 Å². The van der Waals surface area contributed by atoms with Crippen LogP contribution in [0.25, 0.3) is 0 Å². The van der Waals surface area contributed by atoms with E-state index in [9.17, 15) is 9.59 Å². The SMILES string of the molecule is Cl.O=C(CCC1CCNCC1)NCCNC(=O)c1ccc(Br)cc1. The molecule has 7 heteroatoms. The monoisotopic (exact) mass is 417 g/mol. The van der Waals surface area contributed by atoms with E-state index in [0.29, 0.717) is 31.0 Å². The summed E-state index contributed by atoms with van der Waals surface area (Å²) in [6.07, 6.45) is 3.86. The van der Waals surface area contributed by atoms with Crippen molar-refractivity contribution in [1.29, 1.82) is 0 Å².